The summed E-state index contributed by atoms with van der Waals surface area (Å²) in [4.78, 5) is 0. The lowest BCUT2D eigenvalue weighted by atomic mass is 10.2. The van der Waals surface area contributed by atoms with Gasteiger partial charge in [0.25, 0.3) is 0 Å². The smallest absolute Gasteiger partial charge is 0.212 e. The summed E-state index contributed by atoms with van der Waals surface area (Å²) in [5.41, 5.74) is 6.38. The van der Waals surface area contributed by atoms with Crippen LogP contribution in [-0.2, 0) is 16.4 Å². The molecule has 0 aliphatic rings. The molecule has 0 fully saturated rings. The quantitative estimate of drug-likeness (QED) is 0.813. The van der Waals surface area contributed by atoms with E-state index < -0.39 is 10.0 Å². The van der Waals surface area contributed by atoms with Crippen molar-refractivity contribution < 1.29 is 8.42 Å². The van der Waals surface area contributed by atoms with E-state index in [2.05, 4.69) is 4.72 Å². The molecule has 3 N–H and O–H groups in total. The molecule has 0 amide bonds. The van der Waals surface area contributed by atoms with Crippen LogP contribution in [0.4, 0.5) is 0 Å². The zero-order valence-corrected chi connectivity index (χ0v) is 11.4. The number of benzene rings is 1. The molecule has 4 nitrogen and oxygen atoms in total. The summed E-state index contributed by atoms with van der Waals surface area (Å²) < 4.78 is 25.7. The maximum Gasteiger partial charge on any atom is 0.212 e. The molecule has 0 heterocycles. The summed E-state index contributed by atoms with van der Waals surface area (Å²) in [7, 11) is -3.22. The van der Waals surface area contributed by atoms with Crippen molar-refractivity contribution in [2.24, 2.45) is 5.73 Å². The Morgan fingerprint density at radius 2 is 1.88 bits per heavy atom. The summed E-state index contributed by atoms with van der Waals surface area (Å²) in [6.45, 7) is 2.06. The van der Waals surface area contributed by atoms with Crippen molar-refractivity contribution in [3.8, 4) is 0 Å². The Balaban J connectivity index is 0.00000256. The zero-order valence-electron chi connectivity index (χ0n) is 9.80. The number of aryl methyl sites for hydroxylation is 1. The maximum atomic E-state index is 11.6. The van der Waals surface area contributed by atoms with Crippen LogP contribution in [0.25, 0.3) is 0 Å². The van der Waals surface area contributed by atoms with Gasteiger partial charge < -0.3 is 5.73 Å². The lowest BCUT2D eigenvalue weighted by molar-refractivity contribution is 0.562. The predicted molar refractivity (Wildman–Crippen MR) is 72.8 cm³/mol. The highest BCUT2D eigenvalue weighted by atomic mass is 35.5. The number of hydrogen-bond acceptors (Lipinski definition) is 3. The normalized spacial score (nSPS) is 12.8. The van der Waals surface area contributed by atoms with Crippen LogP contribution in [0, 0.1) is 0 Å². The van der Waals surface area contributed by atoms with Gasteiger partial charge in [-0.05, 0) is 18.9 Å². The average molecular weight is 279 g/mol. The monoisotopic (exact) mass is 278 g/mol. The minimum Gasteiger partial charge on any atom is -0.329 e. The van der Waals surface area contributed by atoms with Crippen LogP contribution in [0.15, 0.2) is 30.3 Å². The highest BCUT2D eigenvalue weighted by molar-refractivity contribution is 7.89. The fraction of sp³-hybridized carbons (Fsp3) is 0.455. The van der Waals surface area contributed by atoms with Gasteiger partial charge in [-0.2, -0.15) is 0 Å². The molecule has 6 heteroatoms. The SMILES string of the molecule is C[C@H](CN)NS(=O)(=O)CCc1ccccc1.Cl. The molecule has 1 aromatic rings. The maximum absolute atomic E-state index is 11.6. The molecule has 0 unspecified atom stereocenters. The van der Waals surface area contributed by atoms with Crippen molar-refractivity contribution in [1.29, 1.82) is 0 Å². The van der Waals surface area contributed by atoms with Crippen LogP contribution in [0.3, 0.4) is 0 Å². The minimum atomic E-state index is -3.22. The van der Waals surface area contributed by atoms with E-state index in [0.717, 1.165) is 5.56 Å². The fourth-order valence-corrected chi connectivity index (χ4v) is 2.64. The van der Waals surface area contributed by atoms with Crippen LogP contribution in [0.1, 0.15) is 12.5 Å². The number of rotatable bonds is 6. The molecule has 1 aromatic carbocycles. The van der Waals surface area contributed by atoms with Gasteiger partial charge in [0.1, 0.15) is 0 Å². The first kappa shape index (κ1) is 16.4. The van der Waals surface area contributed by atoms with Crippen molar-refractivity contribution in [3.63, 3.8) is 0 Å². The lowest BCUT2D eigenvalue weighted by Gasteiger charge is -2.11. The third-order valence-electron chi connectivity index (χ3n) is 2.24. The van der Waals surface area contributed by atoms with Gasteiger partial charge in [-0.15, -0.1) is 12.4 Å². The highest BCUT2D eigenvalue weighted by Crippen LogP contribution is 2.01. The van der Waals surface area contributed by atoms with Gasteiger partial charge in [-0.3, -0.25) is 0 Å². The van der Waals surface area contributed by atoms with E-state index in [1.807, 2.05) is 30.3 Å². The fourth-order valence-electron chi connectivity index (χ4n) is 1.31. The molecule has 0 aliphatic heterocycles. The van der Waals surface area contributed by atoms with Crippen LogP contribution in [0.2, 0.25) is 0 Å². The van der Waals surface area contributed by atoms with Crippen molar-refractivity contribution in [2.45, 2.75) is 19.4 Å². The summed E-state index contributed by atoms with van der Waals surface area (Å²) in [5.74, 6) is 0.0986. The van der Waals surface area contributed by atoms with E-state index in [-0.39, 0.29) is 24.2 Å². The average Bonchev–Trinajstić information content (AvgIpc) is 2.27. The summed E-state index contributed by atoms with van der Waals surface area (Å²) >= 11 is 0. The molecular weight excluding hydrogens is 260 g/mol. The Kier molecular flexibility index (Phi) is 7.38. The number of halogens is 1. The highest BCUT2D eigenvalue weighted by Gasteiger charge is 2.13. The molecule has 0 spiro atoms. The van der Waals surface area contributed by atoms with E-state index in [1.165, 1.54) is 0 Å². The first-order valence-corrected chi connectivity index (χ1v) is 6.93. The van der Waals surface area contributed by atoms with Gasteiger partial charge in [-0.25, -0.2) is 13.1 Å². The summed E-state index contributed by atoms with van der Waals surface area (Å²) in [6, 6.07) is 9.34. The van der Waals surface area contributed by atoms with Gasteiger partial charge in [0, 0.05) is 12.6 Å². The lowest BCUT2D eigenvalue weighted by Crippen LogP contribution is -2.39. The molecule has 0 radical (unpaired) electrons. The van der Waals surface area contributed by atoms with Crippen LogP contribution < -0.4 is 10.5 Å². The molecule has 1 atom stereocenters. The van der Waals surface area contributed by atoms with E-state index in [4.69, 9.17) is 5.73 Å². The second-order valence-corrected chi connectivity index (χ2v) is 5.68. The first-order valence-electron chi connectivity index (χ1n) is 5.27. The molecule has 17 heavy (non-hydrogen) atoms. The van der Waals surface area contributed by atoms with Crippen LogP contribution >= 0.6 is 12.4 Å². The summed E-state index contributed by atoms with van der Waals surface area (Å²) in [6.07, 6.45) is 0.521. The Morgan fingerprint density at radius 3 is 2.41 bits per heavy atom. The first-order chi connectivity index (χ1) is 7.53. The largest absolute Gasteiger partial charge is 0.329 e. The third-order valence-corrected chi connectivity index (χ3v) is 3.74. The number of sulfonamides is 1. The zero-order chi connectivity index (χ0) is 12.0. The Hall–Kier alpha value is -0.620. The van der Waals surface area contributed by atoms with Crippen molar-refractivity contribution in [1.82, 2.24) is 4.72 Å². The van der Waals surface area contributed by atoms with E-state index in [1.54, 1.807) is 6.92 Å². The molecule has 98 valence electrons. The standard InChI is InChI=1S/C11H18N2O2S.ClH/c1-10(9-12)13-16(14,15)8-7-11-5-3-2-4-6-11;/h2-6,10,13H,7-9,12H2,1H3;1H/t10-;/m1./s1. The second-order valence-electron chi connectivity index (χ2n) is 3.81. The predicted octanol–water partition coefficient (Wildman–Crippen LogP) is 0.918. The van der Waals surface area contributed by atoms with Crippen molar-refractivity contribution >= 4 is 22.4 Å². The van der Waals surface area contributed by atoms with Gasteiger partial charge in [0.15, 0.2) is 0 Å². The molecule has 0 saturated carbocycles. The molecule has 0 aliphatic carbocycles. The van der Waals surface area contributed by atoms with E-state index in [0.29, 0.717) is 13.0 Å². The van der Waals surface area contributed by atoms with Crippen LogP contribution in [0.5, 0.6) is 0 Å². The van der Waals surface area contributed by atoms with Crippen molar-refractivity contribution in [3.05, 3.63) is 35.9 Å². The van der Waals surface area contributed by atoms with E-state index in [9.17, 15) is 8.42 Å². The Morgan fingerprint density at radius 1 is 1.29 bits per heavy atom. The number of nitrogens with two attached hydrogens (primary N) is 1. The summed E-state index contributed by atoms with van der Waals surface area (Å²) in [5, 5.41) is 0. The van der Waals surface area contributed by atoms with Crippen molar-refractivity contribution in [2.75, 3.05) is 12.3 Å². The van der Waals surface area contributed by atoms with E-state index >= 15 is 0 Å². The third kappa shape index (κ3) is 6.63. The number of nitrogens with one attached hydrogen (secondary N) is 1. The van der Waals surface area contributed by atoms with Gasteiger partial charge in [0.2, 0.25) is 10.0 Å². The molecular formula is C11H19ClN2O2S. The van der Waals surface area contributed by atoms with Crippen LogP contribution in [-0.4, -0.2) is 26.8 Å². The van der Waals surface area contributed by atoms with Gasteiger partial charge >= 0.3 is 0 Å². The number of hydrogen-bond donors (Lipinski definition) is 2. The van der Waals surface area contributed by atoms with Gasteiger partial charge in [0.05, 0.1) is 5.75 Å². The molecule has 0 bridgehead atoms. The Labute approximate surface area is 109 Å². The molecule has 0 aromatic heterocycles. The molecule has 0 saturated heterocycles. The second kappa shape index (κ2) is 7.66. The topological polar surface area (TPSA) is 72.2 Å². The molecule has 1 rings (SSSR count). The minimum absolute atomic E-state index is 0. The van der Waals surface area contributed by atoms with Gasteiger partial charge in [-0.1, -0.05) is 30.3 Å². The Bertz CT molecular complexity index is 409.